The maximum Gasteiger partial charge on any atom is 0.234 e. The Labute approximate surface area is 137 Å². The number of hydrogen-bond donors (Lipinski definition) is 2. The van der Waals surface area contributed by atoms with Gasteiger partial charge in [-0.15, -0.1) is 0 Å². The van der Waals surface area contributed by atoms with Gasteiger partial charge in [-0.1, -0.05) is 0 Å². The fourth-order valence-electron chi connectivity index (χ4n) is 3.16. The van der Waals surface area contributed by atoms with Gasteiger partial charge in [0.15, 0.2) is 0 Å². The van der Waals surface area contributed by atoms with Crippen LogP contribution in [-0.2, 0) is 14.3 Å². The van der Waals surface area contributed by atoms with Crippen LogP contribution in [0.15, 0.2) is 0 Å². The highest BCUT2D eigenvalue weighted by atomic mass is 16.5. The lowest BCUT2D eigenvalue weighted by atomic mass is 10.2. The third-order valence-corrected chi connectivity index (χ3v) is 4.78. The minimum Gasteiger partial charge on any atom is -0.379 e. The second-order valence-corrected chi connectivity index (χ2v) is 6.84. The van der Waals surface area contributed by atoms with Crippen molar-refractivity contribution in [3.05, 3.63) is 0 Å². The zero-order valence-corrected chi connectivity index (χ0v) is 13.8. The number of morpholine rings is 1. The molecule has 0 radical (unpaired) electrons. The topological polar surface area (TPSA) is 73.9 Å². The van der Waals surface area contributed by atoms with Crippen LogP contribution < -0.4 is 10.6 Å². The predicted octanol–water partition coefficient (Wildman–Crippen LogP) is -0.965. The van der Waals surface area contributed by atoms with Crippen molar-refractivity contribution >= 4 is 11.8 Å². The largest absolute Gasteiger partial charge is 0.379 e. The summed E-state index contributed by atoms with van der Waals surface area (Å²) in [6, 6.07) is -0.0394. The van der Waals surface area contributed by atoms with Gasteiger partial charge in [-0.05, 0) is 25.3 Å². The zero-order valence-electron chi connectivity index (χ0n) is 13.8. The van der Waals surface area contributed by atoms with Gasteiger partial charge in [0.1, 0.15) is 0 Å². The standard InChI is InChI=1S/C16H28N4O3/c21-15(11-17-10-13-1-2-13)18-14-9-16(22)20(12-14)4-3-19-5-7-23-8-6-19/h13-14,17H,1-12H2,(H,18,21). The number of carbonyl (C=O) groups is 2. The van der Waals surface area contributed by atoms with Crippen LogP contribution in [0.2, 0.25) is 0 Å². The van der Waals surface area contributed by atoms with Crippen LogP contribution in [0.5, 0.6) is 0 Å². The number of ether oxygens (including phenoxy) is 1. The van der Waals surface area contributed by atoms with E-state index in [1.807, 2.05) is 4.90 Å². The fraction of sp³-hybridized carbons (Fsp3) is 0.875. The molecule has 1 saturated carbocycles. The fourth-order valence-corrected chi connectivity index (χ4v) is 3.16. The van der Waals surface area contributed by atoms with Gasteiger partial charge in [-0.2, -0.15) is 0 Å². The highest BCUT2D eigenvalue weighted by Gasteiger charge is 2.30. The Kier molecular flexibility index (Phi) is 5.85. The van der Waals surface area contributed by atoms with E-state index in [2.05, 4.69) is 15.5 Å². The molecule has 0 aromatic heterocycles. The van der Waals surface area contributed by atoms with Gasteiger partial charge in [0, 0.05) is 39.1 Å². The first-order chi connectivity index (χ1) is 11.2. The van der Waals surface area contributed by atoms with E-state index < -0.39 is 0 Å². The number of hydrogen-bond acceptors (Lipinski definition) is 5. The van der Waals surface area contributed by atoms with E-state index >= 15 is 0 Å². The summed E-state index contributed by atoms with van der Waals surface area (Å²) >= 11 is 0. The Morgan fingerprint density at radius 1 is 1.22 bits per heavy atom. The Hall–Kier alpha value is -1.18. The second-order valence-electron chi connectivity index (χ2n) is 6.84. The van der Waals surface area contributed by atoms with Crippen molar-refractivity contribution in [2.45, 2.75) is 25.3 Å². The number of amides is 2. The number of carbonyl (C=O) groups excluding carboxylic acids is 2. The quantitative estimate of drug-likeness (QED) is 0.601. The van der Waals surface area contributed by atoms with E-state index in [0.29, 0.717) is 19.5 Å². The van der Waals surface area contributed by atoms with Crippen LogP contribution in [0, 0.1) is 5.92 Å². The van der Waals surface area contributed by atoms with E-state index in [9.17, 15) is 9.59 Å². The van der Waals surface area contributed by atoms with Crippen LogP contribution in [0.4, 0.5) is 0 Å². The molecule has 2 saturated heterocycles. The van der Waals surface area contributed by atoms with Crippen molar-refractivity contribution in [1.29, 1.82) is 0 Å². The highest BCUT2D eigenvalue weighted by molar-refractivity contribution is 5.83. The molecule has 2 amide bonds. The van der Waals surface area contributed by atoms with Crippen molar-refractivity contribution in [3.8, 4) is 0 Å². The molecule has 0 spiro atoms. The molecule has 2 heterocycles. The smallest absolute Gasteiger partial charge is 0.234 e. The first-order valence-electron chi connectivity index (χ1n) is 8.78. The monoisotopic (exact) mass is 324 g/mol. The molecule has 3 fully saturated rings. The third kappa shape index (κ3) is 5.44. The van der Waals surface area contributed by atoms with E-state index in [0.717, 1.165) is 51.9 Å². The Bertz CT molecular complexity index is 422. The predicted molar refractivity (Wildman–Crippen MR) is 86.0 cm³/mol. The summed E-state index contributed by atoms with van der Waals surface area (Å²) in [7, 11) is 0. The van der Waals surface area contributed by atoms with Crippen LogP contribution in [0.3, 0.4) is 0 Å². The summed E-state index contributed by atoms with van der Waals surface area (Å²) in [5, 5.41) is 6.16. The summed E-state index contributed by atoms with van der Waals surface area (Å²) in [5.74, 6) is 0.916. The molecule has 2 aliphatic heterocycles. The summed E-state index contributed by atoms with van der Waals surface area (Å²) in [6.45, 7) is 6.99. The first kappa shape index (κ1) is 16.7. The van der Waals surface area contributed by atoms with E-state index in [1.54, 1.807) is 0 Å². The molecule has 3 rings (SSSR count). The molecule has 1 aliphatic carbocycles. The minimum atomic E-state index is -0.0394. The van der Waals surface area contributed by atoms with Crippen molar-refractivity contribution in [3.63, 3.8) is 0 Å². The van der Waals surface area contributed by atoms with Crippen molar-refractivity contribution in [1.82, 2.24) is 20.4 Å². The molecule has 1 atom stereocenters. The molecular weight excluding hydrogens is 296 g/mol. The van der Waals surface area contributed by atoms with Gasteiger partial charge in [0.05, 0.1) is 25.8 Å². The molecular formula is C16H28N4O3. The van der Waals surface area contributed by atoms with Crippen LogP contribution >= 0.6 is 0 Å². The van der Waals surface area contributed by atoms with Gasteiger partial charge in [0.25, 0.3) is 0 Å². The lowest BCUT2D eigenvalue weighted by Gasteiger charge is -2.28. The van der Waals surface area contributed by atoms with E-state index in [4.69, 9.17) is 4.74 Å². The van der Waals surface area contributed by atoms with Gasteiger partial charge >= 0.3 is 0 Å². The second kappa shape index (κ2) is 8.08. The van der Waals surface area contributed by atoms with Crippen molar-refractivity contribution < 1.29 is 14.3 Å². The summed E-state index contributed by atoms with van der Waals surface area (Å²) in [5.41, 5.74) is 0. The molecule has 0 aromatic rings. The maximum absolute atomic E-state index is 12.1. The summed E-state index contributed by atoms with van der Waals surface area (Å²) in [6.07, 6.45) is 2.99. The molecule has 0 bridgehead atoms. The number of rotatable bonds is 8. The van der Waals surface area contributed by atoms with Gasteiger partial charge in [0.2, 0.25) is 11.8 Å². The Balaban J connectivity index is 1.32. The molecule has 2 N–H and O–H groups in total. The molecule has 7 heteroatoms. The zero-order chi connectivity index (χ0) is 16.1. The van der Waals surface area contributed by atoms with Crippen LogP contribution in [0.25, 0.3) is 0 Å². The molecule has 23 heavy (non-hydrogen) atoms. The summed E-state index contributed by atoms with van der Waals surface area (Å²) in [4.78, 5) is 28.2. The molecule has 7 nitrogen and oxygen atoms in total. The lowest BCUT2D eigenvalue weighted by molar-refractivity contribution is -0.128. The van der Waals surface area contributed by atoms with E-state index in [1.165, 1.54) is 12.8 Å². The number of nitrogens with zero attached hydrogens (tertiary/aromatic N) is 2. The van der Waals surface area contributed by atoms with Crippen molar-refractivity contribution in [2.75, 3.05) is 59.0 Å². The molecule has 1 unspecified atom stereocenters. The summed E-state index contributed by atoms with van der Waals surface area (Å²) < 4.78 is 5.33. The Morgan fingerprint density at radius 2 is 2.00 bits per heavy atom. The molecule has 130 valence electrons. The van der Waals surface area contributed by atoms with E-state index in [-0.39, 0.29) is 17.9 Å². The Morgan fingerprint density at radius 3 is 2.74 bits per heavy atom. The van der Waals surface area contributed by atoms with Crippen LogP contribution in [0.1, 0.15) is 19.3 Å². The maximum atomic E-state index is 12.1. The average molecular weight is 324 g/mol. The van der Waals surface area contributed by atoms with Gasteiger partial charge in [-0.3, -0.25) is 14.5 Å². The number of nitrogens with one attached hydrogen (secondary N) is 2. The van der Waals surface area contributed by atoms with Crippen LogP contribution in [-0.4, -0.2) is 86.7 Å². The first-order valence-corrected chi connectivity index (χ1v) is 8.78. The lowest BCUT2D eigenvalue weighted by Crippen LogP contribution is -2.44. The SMILES string of the molecule is O=C(CNCC1CC1)NC1CC(=O)N(CCN2CCOCC2)C1. The third-order valence-electron chi connectivity index (χ3n) is 4.78. The van der Waals surface area contributed by atoms with Gasteiger partial charge < -0.3 is 20.3 Å². The molecule has 3 aliphatic rings. The highest BCUT2D eigenvalue weighted by Crippen LogP contribution is 2.27. The minimum absolute atomic E-state index is 0.00141. The molecule has 0 aromatic carbocycles. The normalized spacial score (nSPS) is 25.8. The number of likely N-dealkylation sites (tertiary alicyclic amines) is 1. The van der Waals surface area contributed by atoms with Gasteiger partial charge in [-0.25, -0.2) is 0 Å². The van der Waals surface area contributed by atoms with Crippen molar-refractivity contribution in [2.24, 2.45) is 5.92 Å². The average Bonchev–Trinajstić information content (AvgIpc) is 3.30.